The molecule has 0 aromatic rings. The molecule has 0 aliphatic heterocycles. The van der Waals surface area contributed by atoms with E-state index >= 15 is 0 Å². The van der Waals surface area contributed by atoms with Gasteiger partial charge in [0.05, 0.1) is 12.8 Å². The Hall–Kier alpha value is -0.697. The molecule has 4 nitrogen and oxygen atoms in total. The monoisotopic (exact) mass is 292 g/mol. The number of carbonyl (C=O) groups excluding carboxylic acids is 4. The quantitative estimate of drug-likeness (QED) is 0.554. The van der Waals surface area contributed by atoms with E-state index in [0.29, 0.717) is 12.8 Å². The van der Waals surface area contributed by atoms with Crippen molar-refractivity contribution in [2.24, 2.45) is 0 Å². The molecule has 0 radical (unpaired) electrons. The average molecular weight is 294 g/mol. The number of carbonyl (C=O) groups is 4. The number of hydrogen-bond donors (Lipinski definition) is 0. The van der Waals surface area contributed by atoms with Crippen LogP contribution in [0, 0.1) is 0 Å². The van der Waals surface area contributed by atoms with Crippen LogP contribution in [0.5, 0.6) is 0 Å². The third-order valence-electron chi connectivity index (χ3n) is 1.68. The van der Waals surface area contributed by atoms with Gasteiger partial charge in [0, 0.05) is 32.3 Å². The summed E-state index contributed by atoms with van der Waals surface area (Å²) in [4.78, 5) is 41.2. The molecule has 0 spiro atoms. The van der Waals surface area contributed by atoms with Crippen molar-refractivity contribution in [2.45, 2.75) is 53.4 Å². The molecule has 0 bridgehead atoms. The molecule has 0 fully saturated rings. The van der Waals surface area contributed by atoms with Crippen LogP contribution in [0.15, 0.2) is 0 Å². The maximum Gasteiger partial charge on any atom is 0.139 e. The van der Waals surface area contributed by atoms with Crippen molar-refractivity contribution < 1.29 is 38.7 Å². The normalized spacial score (nSPS) is 8.24. The Bertz CT molecular complexity index is 244. The van der Waals surface area contributed by atoms with E-state index in [1.54, 1.807) is 13.8 Å². The van der Waals surface area contributed by atoms with Crippen LogP contribution in [-0.2, 0) is 38.7 Å². The number of Topliss-reactive ketones (excluding diaryl/α,β-unsaturated/α-hetero) is 4. The fourth-order valence-electron chi connectivity index (χ4n) is 0.805. The van der Waals surface area contributed by atoms with E-state index in [1.807, 2.05) is 0 Å². The SMILES string of the molecule is CCC(=O)CC(C)=O.CCC(=O)CC(C)=O.[Zn]. The van der Waals surface area contributed by atoms with Crippen LogP contribution in [-0.4, -0.2) is 23.1 Å². The van der Waals surface area contributed by atoms with Gasteiger partial charge in [0.25, 0.3) is 0 Å². The van der Waals surface area contributed by atoms with Gasteiger partial charge in [0.15, 0.2) is 0 Å². The van der Waals surface area contributed by atoms with Crippen LogP contribution in [0.3, 0.4) is 0 Å². The molecule has 0 N–H and O–H groups in total. The first kappa shape index (κ1) is 21.6. The van der Waals surface area contributed by atoms with Gasteiger partial charge in [-0.25, -0.2) is 0 Å². The van der Waals surface area contributed by atoms with Gasteiger partial charge in [-0.1, -0.05) is 13.8 Å². The zero-order valence-electron chi connectivity index (χ0n) is 11.2. The van der Waals surface area contributed by atoms with Crippen molar-refractivity contribution in [3.05, 3.63) is 0 Å². The molecular formula is C12H20O4Zn. The predicted molar refractivity (Wildman–Crippen MR) is 61.2 cm³/mol. The van der Waals surface area contributed by atoms with Gasteiger partial charge in [0.2, 0.25) is 0 Å². The summed E-state index contributed by atoms with van der Waals surface area (Å²) in [6.07, 6.45) is 1.16. The minimum absolute atomic E-state index is 0. The summed E-state index contributed by atoms with van der Waals surface area (Å²) >= 11 is 0. The second-order valence-electron chi connectivity index (χ2n) is 3.54. The summed E-state index contributed by atoms with van der Waals surface area (Å²) in [5.41, 5.74) is 0. The topological polar surface area (TPSA) is 68.3 Å². The van der Waals surface area contributed by atoms with E-state index in [0.717, 1.165) is 0 Å². The van der Waals surface area contributed by atoms with Crippen LogP contribution in [0.25, 0.3) is 0 Å². The van der Waals surface area contributed by atoms with E-state index in [4.69, 9.17) is 0 Å². The Morgan fingerprint density at radius 3 is 1.00 bits per heavy atom. The average Bonchev–Trinajstić information content (AvgIpc) is 2.16. The van der Waals surface area contributed by atoms with Gasteiger partial charge in [0.1, 0.15) is 23.1 Å². The Balaban J connectivity index is -0.000000218. The largest absolute Gasteiger partial charge is 0.300 e. The second-order valence-corrected chi connectivity index (χ2v) is 3.54. The van der Waals surface area contributed by atoms with Crippen molar-refractivity contribution in [2.75, 3.05) is 0 Å². The molecule has 0 atom stereocenters. The van der Waals surface area contributed by atoms with Crippen LogP contribution in [0.4, 0.5) is 0 Å². The van der Waals surface area contributed by atoms with E-state index in [-0.39, 0.29) is 55.5 Å². The van der Waals surface area contributed by atoms with E-state index < -0.39 is 0 Å². The minimum atomic E-state index is -0.0446. The fraction of sp³-hybridized carbons (Fsp3) is 0.667. The van der Waals surface area contributed by atoms with Crippen molar-refractivity contribution in [1.82, 2.24) is 0 Å². The fourth-order valence-corrected chi connectivity index (χ4v) is 0.805. The molecule has 0 amide bonds. The molecule has 0 aliphatic carbocycles. The first-order valence-corrected chi connectivity index (χ1v) is 5.35. The van der Waals surface area contributed by atoms with Crippen molar-refractivity contribution >= 4 is 23.1 Å². The number of ketones is 4. The molecule has 0 aromatic carbocycles. The number of hydrogen-bond acceptors (Lipinski definition) is 4. The van der Waals surface area contributed by atoms with Crippen LogP contribution in [0.2, 0.25) is 0 Å². The zero-order chi connectivity index (χ0) is 13.1. The molecular weight excluding hydrogens is 274 g/mol. The van der Waals surface area contributed by atoms with Crippen molar-refractivity contribution in [3.8, 4) is 0 Å². The first-order valence-electron chi connectivity index (χ1n) is 5.35. The molecule has 5 heteroatoms. The van der Waals surface area contributed by atoms with Crippen molar-refractivity contribution in [1.29, 1.82) is 0 Å². The Labute approximate surface area is 115 Å². The van der Waals surface area contributed by atoms with E-state index in [1.165, 1.54) is 13.8 Å². The minimum Gasteiger partial charge on any atom is -0.300 e. The standard InChI is InChI=1S/2C6H10O2.Zn/c2*1-3-6(8)4-5(2)7;/h2*3-4H2,1-2H3;. The number of rotatable bonds is 6. The van der Waals surface area contributed by atoms with Gasteiger partial charge in [-0.3, -0.25) is 19.2 Å². The van der Waals surface area contributed by atoms with Crippen molar-refractivity contribution in [3.63, 3.8) is 0 Å². The van der Waals surface area contributed by atoms with Gasteiger partial charge in [-0.2, -0.15) is 0 Å². The molecule has 0 heterocycles. The molecule has 0 aliphatic rings. The molecule has 0 rings (SSSR count). The molecule has 0 saturated heterocycles. The van der Waals surface area contributed by atoms with Crippen LogP contribution < -0.4 is 0 Å². The smallest absolute Gasteiger partial charge is 0.139 e. The Morgan fingerprint density at radius 2 is 0.941 bits per heavy atom. The molecule has 0 unspecified atom stereocenters. The van der Waals surface area contributed by atoms with Gasteiger partial charge in [-0.15, -0.1) is 0 Å². The molecule has 94 valence electrons. The van der Waals surface area contributed by atoms with Gasteiger partial charge >= 0.3 is 0 Å². The van der Waals surface area contributed by atoms with Gasteiger partial charge in [-0.05, 0) is 13.8 Å². The summed E-state index contributed by atoms with van der Waals surface area (Å²) in [7, 11) is 0. The maximum atomic E-state index is 10.4. The summed E-state index contributed by atoms with van der Waals surface area (Å²) in [5.74, 6) is -0.0382. The summed E-state index contributed by atoms with van der Waals surface area (Å²) in [6.45, 7) is 6.36. The summed E-state index contributed by atoms with van der Waals surface area (Å²) < 4.78 is 0. The summed E-state index contributed by atoms with van der Waals surface area (Å²) in [5, 5.41) is 0. The third kappa shape index (κ3) is 21.2. The molecule has 0 aromatic heterocycles. The van der Waals surface area contributed by atoms with Crippen LogP contribution >= 0.6 is 0 Å². The predicted octanol–water partition coefficient (Wildman–Crippen LogP) is 1.89. The van der Waals surface area contributed by atoms with E-state index in [9.17, 15) is 19.2 Å². The third-order valence-corrected chi connectivity index (χ3v) is 1.68. The van der Waals surface area contributed by atoms with E-state index in [2.05, 4.69) is 0 Å². The van der Waals surface area contributed by atoms with Crippen LogP contribution in [0.1, 0.15) is 53.4 Å². The summed E-state index contributed by atoms with van der Waals surface area (Å²) in [6, 6.07) is 0. The van der Waals surface area contributed by atoms with Gasteiger partial charge < -0.3 is 0 Å². The zero-order valence-corrected chi connectivity index (χ0v) is 14.1. The Morgan fingerprint density at radius 1 is 0.706 bits per heavy atom. The first-order chi connectivity index (χ1) is 7.33. The molecule has 0 saturated carbocycles. The molecule has 17 heavy (non-hydrogen) atoms. The maximum absolute atomic E-state index is 10.4. The second kappa shape index (κ2) is 13.4. The Kier molecular flexibility index (Phi) is 17.0.